The molecule has 1 heterocycles. The molecule has 3 nitrogen and oxygen atoms in total. The summed E-state index contributed by atoms with van der Waals surface area (Å²) in [6.07, 6.45) is 3.25. The Labute approximate surface area is 90.4 Å². The van der Waals surface area contributed by atoms with Crippen molar-refractivity contribution >= 4 is 17.7 Å². The minimum Gasteiger partial charge on any atom is -0.355 e. The highest BCUT2D eigenvalue weighted by atomic mass is 32.2. The minimum atomic E-state index is 0.0652. The zero-order valence-corrected chi connectivity index (χ0v) is 9.66. The monoisotopic (exact) mass is 216 g/mol. The molecule has 0 saturated carbocycles. The molecule has 1 fully saturated rings. The number of piperidine rings is 1. The van der Waals surface area contributed by atoms with E-state index in [0.717, 1.165) is 32.4 Å². The average molecular weight is 216 g/mol. The molecule has 1 aliphatic rings. The van der Waals surface area contributed by atoms with Crippen molar-refractivity contribution < 1.29 is 4.79 Å². The van der Waals surface area contributed by atoms with E-state index in [-0.39, 0.29) is 11.9 Å². The van der Waals surface area contributed by atoms with Crippen LogP contribution in [0.25, 0.3) is 0 Å². The van der Waals surface area contributed by atoms with Crippen molar-refractivity contribution in [2.75, 3.05) is 24.6 Å². The highest BCUT2D eigenvalue weighted by Gasteiger charge is 2.20. The van der Waals surface area contributed by atoms with E-state index < -0.39 is 0 Å². The van der Waals surface area contributed by atoms with E-state index in [0.29, 0.717) is 0 Å². The van der Waals surface area contributed by atoms with Crippen molar-refractivity contribution in [1.29, 1.82) is 0 Å². The van der Waals surface area contributed by atoms with Gasteiger partial charge in [0.05, 0.1) is 6.04 Å². The third-order valence-electron chi connectivity index (χ3n) is 2.35. The maximum atomic E-state index is 11.3. The summed E-state index contributed by atoms with van der Waals surface area (Å²) in [7, 11) is 0. The Morgan fingerprint density at radius 2 is 2.50 bits per heavy atom. The Balaban J connectivity index is 2.02. The first-order valence-corrected chi connectivity index (χ1v) is 6.59. The normalized spacial score (nSPS) is 22.1. The minimum absolute atomic E-state index is 0.0652. The molecule has 1 atom stereocenters. The maximum absolute atomic E-state index is 11.3. The Hall–Kier alpha value is -0.220. The SMILES string of the molecule is CCSCCCNC1CCCNC1=O. The van der Waals surface area contributed by atoms with Crippen LogP contribution in [0.3, 0.4) is 0 Å². The van der Waals surface area contributed by atoms with Crippen LogP contribution in [0.1, 0.15) is 26.2 Å². The lowest BCUT2D eigenvalue weighted by Crippen LogP contribution is -2.48. The van der Waals surface area contributed by atoms with Crippen molar-refractivity contribution in [3.8, 4) is 0 Å². The highest BCUT2D eigenvalue weighted by Crippen LogP contribution is 2.04. The Bertz CT molecular complexity index is 176. The topological polar surface area (TPSA) is 41.1 Å². The molecule has 0 aromatic heterocycles. The lowest BCUT2D eigenvalue weighted by Gasteiger charge is -2.22. The van der Waals surface area contributed by atoms with Crippen molar-refractivity contribution in [3.05, 3.63) is 0 Å². The van der Waals surface area contributed by atoms with E-state index >= 15 is 0 Å². The highest BCUT2D eigenvalue weighted by molar-refractivity contribution is 7.99. The van der Waals surface area contributed by atoms with Crippen LogP contribution in [0.15, 0.2) is 0 Å². The number of carbonyl (C=O) groups is 1. The molecule has 1 rings (SSSR count). The first kappa shape index (κ1) is 11.9. The molecule has 1 saturated heterocycles. The van der Waals surface area contributed by atoms with E-state index in [1.807, 2.05) is 11.8 Å². The molecule has 0 aliphatic carbocycles. The van der Waals surface area contributed by atoms with Crippen LogP contribution in [0.4, 0.5) is 0 Å². The molecule has 1 aliphatic heterocycles. The van der Waals surface area contributed by atoms with Gasteiger partial charge in [0, 0.05) is 6.54 Å². The average Bonchev–Trinajstić information content (AvgIpc) is 2.20. The predicted molar refractivity (Wildman–Crippen MR) is 61.7 cm³/mol. The smallest absolute Gasteiger partial charge is 0.237 e. The lowest BCUT2D eigenvalue weighted by molar-refractivity contribution is -0.124. The zero-order chi connectivity index (χ0) is 10.2. The molecule has 4 heteroatoms. The van der Waals surface area contributed by atoms with Crippen molar-refractivity contribution in [2.24, 2.45) is 0 Å². The van der Waals surface area contributed by atoms with Crippen LogP contribution in [-0.2, 0) is 4.79 Å². The summed E-state index contributed by atoms with van der Waals surface area (Å²) in [5, 5.41) is 6.18. The third-order valence-corrected chi connectivity index (χ3v) is 3.33. The lowest BCUT2D eigenvalue weighted by atomic mass is 10.1. The van der Waals surface area contributed by atoms with Crippen LogP contribution in [0, 0.1) is 0 Å². The number of nitrogens with one attached hydrogen (secondary N) is 2. The molecule has 14 heavy (non-hydrogen) atoms. The Morgan fingerprint density at radius 3 is 3.21 bits per heavy atom. The second-order valence-corrected chi connectivity index (χ2v) is 4.88. The van der Waals surface area contributed by atoms with E-state index in [1.165, 1.54) is 11.5 Å². The summed E-state index contributed by atoms with van der Waals surface area (Å²) in [4.78, 5) is 11.3. The van der Waals surface area contributed by atoms with Gasteiger partial charge >= 0.3 is 0 Å². The summed E-state index contributed by atoms with van der Waals surface area (Å²) in [6.45, 7) is 3.99. The summed E-state index contributed by atoms with van der Waals surface area (Å²) in [5.74, 6) is 2.56. The third kappa shape index (κ3) is 4.33. The van der Waals surface area contributed by atoms with E-state index in [2.05, 4.69) is 17.6 Å². The second kappa shape index (κ2) is 7.12. The van der Waals surface area contributed by atoms with Crippen molar-refractivity contribution in [3.63, 3.8) is 0 Å². The first-order valence-electron chi connectivity index (χ1n) is 5.43. The van der Waals surface area contributed by atoms with Gasteiger partial charge in [0.2, 0.25) is 5.91 Å². The summed E-state index contributed by atoms with van der Waals surface area (Å²) in [6, 6.07) is 0.0652. The van der Waals surface area contributed by atoms with Crippen LogP contribution >= 0.6 is 11.8 Å². The number of thioether (sulfide) groups is 1. The van der Waals surface area contributed by atoms with Crippen LogP contribution in [-0.4, -0.2) is 36.5 Å². The van der Waals surface area contributed by atoms with Crippen molar-refractivity contribution in [1.82, 2.24) is 10.6 Å². The molecule has 2 N–H and O–H groups in total. The van der Waals surface area contributed by atoms with E-state index in [9.17, 15) is 4.79 Å². The molecule has 0 aromatic rings. The van der Waals surface area contributed by atoms with Gasteiger partial charge in [-0.3, -0.25) is 4.79 Å². The standard InChI is InChI=1S/C10H20N2OS/c1-2-14-8-4-7-11-9-5-3-6-12-10(9)13/h9,11H,2-8H2,1H3,(H,12,13). The number of rotatable bonds is 6. The molecule has 0 radical (unpaired) electrons. The number of carbonyl (C=O) groups excluding carboxylic acids is 1. The van der Waals surface area contributed by atoms with Crippen molar-refractivity contribution in [2.45, 2.75) is 32.2 Å². The number of amides is 1. The van der Waals surface area contributed by atoms with Crippen LogP contribution in [0.5, 0.6) is 0 Å². The molecule has 1 amide bonds. The number of hydrogen-bond acceptors (Lipinski definition) is 3. The van der Waals surface area contributed by atoms with E-state index in [4.69, 9.17) is 0 Å². The predicted octanol–water partition coefficient (Wildman–Crippen LogP) is 0.998. The Kier molecular flexibility index (Phi) is 6.03. The largest absolute Gasteiger partial charge is 0.355 e. The van der Waals surface area contributed by atoms with Crippen LogP contribution < -0.4 is 10.6 Å². The van der Waals surface area contributed by atoms with E-state index in [1.54, 1.807) is 0 Å². The summed E-state index contributed by atoms with van der Waals surface area (Å²) < 4.78 is 0. The van der Waals surface area contributed by atoms with Gasteiger partial charge in [-0.05, 0) is 37.3 Å². The first-order chi connectivity index (χ1) is 6.84. The van der Waals surface area contributed by atoms with Gasteiger partial charge in [0.1, 0.15) is 0 Å². The molecular formula is C10H20N2OS. The second-order valence-electron chi connectivity index (χ2n) is 3.49. The summed E-state index contributed by atoms with van der Waals surface area (Å²) >= 11 is 1.95. The van der Waals surface area contributed by atoms with Gasteiger partial charge in [-0.15, -0.1) is 0 Å². The summed E-state index contributed by atoms with van der Waals surface area (Å²) in [5.41, 5.74) is 0. The van der Waals surface area contributed by atoms with Crippen LogP contribution in [0.2, 0.25) is 0 Å². The molecule has 82 valence electrons. The Morgan fingerprint density at radius 1 is 1.64 bits per heavy atom. The zero-order valence-electron chi connectivity index (χ0n) is 8.84. The van der Waals surface area contributed by atoms with Gasteiger partial charge in [-0.1, -0.05) is 6.92 Å². The van der Waals surface area contributed by atoms with Gasteiger partial charge in [0.25, 0.3) is 0 Å². The molecular weight excluding hydrogens is 196 g/mol. The van der Waals surface area contributed by atoms with Gasteiger partial charge < -0.3 is 10.6 Å². The fourth-order valence-electron chi connectivity index (χ4n) is 1.56. The van der Waals surface area contributed by atoms with Gasteiger partial charge in [0.15, 0.2) is 0 Å². The quantitative estimate of drug-likeness (QED) is 0.651. The molecule has 0 spiro atoms. The van der Waals surface area contributed by atoms with Gasteiger partial charge in [-0.25, -0.2) is 0 Å². The fraction of sp³-hybridized carbons (Fsp3) is 0.900. The maximum Gasteiger partial charge on any atom is 0.237 e. The number of hydrogen-bond donors (Lipinski definition) is 2. The molecule has 0 bridgehead atoms. The molecule has 1 unspecified atom stereocenters. The van der Waals surface area contributed by atoms with Gasteiger partial charge in [-0.2, -0.15) is 11.8 Å². The fourth-order valence-corrected chi connectivity index (χ4v) is 2.20. The molecule has 0 aromatic carbocycles.